The van der Waals surface area contributed by atoms with Crippen molar-refractivity contribution in [2.75, 3.05) is 13.7 Å². The van der Waals surface area contributed by atoms with Gasteiger partial charge in [0.05, 0.1) is 13.0 Å². The van der Waals surface area contributed by atoms with Crippen LogP contribution in [-0.2, 0) is 9.53 Å². The average molecular weight is 227 g/mol. The van der Waals surface area contributed by atoms with E-state index in [1.165, 1.54) is 32.8 Å². The van der Waals surface area contributed by atoms with Gasteiger partial charge in [-0.1, -0.05) is 26.7 Å². The van der Waals surface area contributed by atoms with E-state index < -0.39 is 0 Å². The number of rotatable bonds is 5. The molecule has 1 aliphatic rings. The topological polar surface area (TPSA) is 29.5 Å². The summed E-state index contributed by atoms with van der Waals surface area (Å²) >= 11 is 0. The summed E-state index contributed by atoms with van der Waals surface area (Å²) in [6.45, 7) is 7.31. The minimum atomic E-state index is -0.0936. The molecule has 16 heavy (non-hydrogen) atoms. The van der Waals surface area contributed by atoms with Gasteiger partial charge in [-0.2, -0.15) is 0 Å². The van der Waals surface area contributed by atoms with Crippen molar-refractivity contribution >= 4 is 5.97 Å². The van der Waals surface area contributed by atoms with E-state index in [9.17, 15) is 4.79 Å². The van der Waals surface area contributed by atoms with Crippen molar-refractivity contribution in [3.8, 4) is 0 Å². The number of hydrogen-bond acceptors (Lipinski definition) is 3. The maximum Gasteiger partial charge on any atom is 0.309 e. The highest BCUT2D eigenvalue weighted by Crippen LogP contribution is 2.27. The Morgan fingerprint density at radius 2 is 1.94 bits per heavy atom. The Morgan fingerprint density at radius 3 is 2.38 bits per heavy atom. The fraction of sp³-hybridized carbons (Fsp3) is 0.923. The van der Waals surface area contributed by atoms with Gasteiger partial charge in [0.15, 0.2) is 0 Å². The van der Waals surface area contributed by atoms with E-state index in [-0.39, 0.29) is 17.9 Å². The number of methoxy groups -OCH3 is 1. The van der Waals surface area contributed by atoms with E-state index >= 15 is 0 Å². The van der Waals surface area contributed by atoms with Crippen LogP contribution in [0.4, 0.5) is 0 Å². The highest BCUT2D eigenvalue weighted by Gasteiger charge is 2.31. The van der Waals surface area contributed by atoms with Gasteiger partial charge in [0.2, 0.25) is 0 Å². The summed E-state index contributed by atoms with van der Waals surface area (Å²) in [6.07, 6.45) is 5.24. The Kier molecular flexibility index (Phi) is 5.26. The van der Waals surface area contributed by atoms with E-state index in [4.69, 9.17) is 4.74 Å². The maximum absolute atomic E-state index is 11.5. The zero-order valence-corrected chi connectivity index (χ0v) is 11.0. The van der Waals surface area contributed by atoms with Crippen LogP contribution in [0.25, 0.3) is 0 Å². The molecule has 0 aromatic carbocycles. The highest BCUT2D eigenvalue weighted by molar-refractivity contribution is 5.72. The molecule has 0 spiro atoms. The number of ether oxygens (including phenoxy) is 1. The molecule has 94 valence electrons. The largest absolute Gasteiger partial charge is 0.469 e. The van der Waals surface area contributed by atoms with Crippen LogP contribution in [0.1, 0.15) is 46.5 Å². The van der Waals surface area contributed by atoms with Crippen LogP contribution >= 0.6 is 0 Å². The maximum atomic E-state index is 11.5. The first-order valence-electron chi connectivity index (χ1n) is 6.45. The number of carbonyl (C=O) groups excluding carboxylic acids is 1. The SMILES string of the molecule is CCN(C1CCCC1)C(C)C(C)C(=O)OC. The molecule has 0 radical (unpaired) electrons. The third-order valence-electron chi connectivity index (χ3n) is 3.98. The molecule has 0 amide bonds. The van der Waals surface area contributed by atoms with E-state index in [0.717, 1.165) is 6.54 Å². The third-order valence-corrected chi connectivity index (χ3v) is 3.98. The Bertz CT molecular complexity index is 224. The first-order valence-corrected chi connectivity index (χ1v) is 6.45. The summed E-state index contributed by atoms with van der Waals surface area (Å²) in [5.41, 5.74) is 0. The van der Waals surface area contributed by atoms with Gasteiger partial charge >= 0.3 is 5.97 Å². The molecular formula is C13H25NO2. The second-order valence-electron chi connectivity index (χ2n) is 4.82. The fourth-order valence-corrected chi connectivity index (χ4v) is 2.78. The summed E-state index contributed by atoms with van der Waals surface area (Å²) in [4.78, 5) is 14.0. The summed E-state index contributed by atoms with van der Waals surface area (Å²) < 4.78 is 4.82. The Morgan fingerprint density at radius 1 is 1.38 bits per heavy atom. The summed E-state index contributed by atoms with van der Waals surface area (Å²) in [5, 5.41) is 0. The smallest absolute Gasteiger partial charge is 0.309 e. The fourth-order valence-electron chi connectivity index (χ4n) is 2.78. The zero-order valence-electron chi connectivity index (χ0n) is 11.0. The summed E-state index contributed by atoms with van der Waals surface area (Å²) in [6, 6.07) is 0.952. The molecule has 3 heteroatoms. The number of hydrogen-bond donors (Lipinski definition) is 0. The van der Waals surface area contributed by atoms with E-state index in [0.29, 0.717) is 6.04 Å². The van der Waals surface area contributed by atoms with Crippen LogP contribution in [-0.4, -0.2) is 36.6 Å². The van der Waals surface area contributed by atoms with Gasteiger partial charge in [0.25, 0.3) is 0 Å². The zero-order chi connectivity index (χ0) is 12.1. The predicted octanol–water partition coefficient (Wildman–Crippen LogP) is 2.45. The molecule has 2 atom stereocenters. The molecule has 0 aromatic heterocycles. The van der Waals surface area contributed by atoms with E-state index in [1.54, 1.807) is 0 Å². The van der Waals surface area contributed by atoms with Gasteiger partial charge in [-0.15, -0.1) is 0 Å². The Labute approximate surface area is 99.1 Å². The van der Waals surface area contributed by atoms with Crippen molar-refractivity contribution in [2.45, 2.75) is 58.5 Å². The van der Waals surface area contributed by atoms with Crippen molar-refractivity contribution in [3.63, 3.8) is 0 Å². The molecule has 0 N–H and O–H groups in total. The van der Waals surface area contributed by atoms with Crippen LogP contribution in [0, 0.1) is 5.92 Å². The van der Waals surface area contributed by atoms with Gasteiger partial charge < -0.3 is 4.74 Å². The third kappa shape index (κ3) is 2.97. The van der Waals surface area contributed by atoms with E-state index in [2.05, 4.69) is 18.7 Å². The lowest BCUT2D eigenvalue weighted by Crippen LogP contribution is -2.45. The first-order chi connectivity index (χ1) is 7.61. The van der Waals surface area contributed by atoms with Crippen molar-refractivity contribution < 1.29 is 9.53 Å². The van der Waals surface area contributed by atoms with Gasteiger partial charge in [0.1, 0.15) is 0 Å². The minimum Gasteiger partial charge on any atom is -0.469 e. The molecule has 1 aliphatic carbocycles. The molecule has 1 fully saturated rings. The van der Waals surface area contributed by atoms with Gasteiger partial charge in [-0.3, -0.25) is 9.69 Å². The average Bonchev–Trinajstić information content (AvgIpc) is 2.81. The molecule has 1 saturated carbocycles. The second-order valence-corrected chi connectivity index (χ2v) is 4.82. The normalized spacial score (nSPS) is 21.1. The lowest BCUT2D eigenvalue weighted by molar-refractivity contribution is -0.147. The lowest BCUT2D eigenvalue weighted by atomic mass is 10.00. The molecule has 0 aromatic rings. The van der Waals surface area contributed by atoms with Crippen molar-refractivity contribution in [1.82, 2.24) is 4.90 Å². The predicted molar refractivity (Wildman–Crippen MR) is 65.3 cm³/mol. The van der Waals surface area contributed by atoms with E-state index in [1.807, 2.05) is 6.92 Å². The van der Waals surface area contributed by atoms with Crippen LogP contribution in [0.5, 0.6) is 0 Å². The Hall–Kier alpha value is -0.570. The summed E-state index contributed by atoms with van der Waals surface area (Å²) in [5.74, 6) is -0.130. The van der Waals surface area contributed by atoms with Crippen LogP contribution in [0.2, 0.25) is 0 Å². The minimum absolute atomic E-state index is 0.0365. The molecule has 3 nitrogen and oxygen atoms in total. The van der Waals surface area contributed by atoms with Crippen LogP contribution in [0.3, 0.4) is 0 Å². The first kappa shape index (κ1) is 13.5. The molecule has 0 bridgehead atoms. The van der Waals surface area contributed by atoms with Crippen molar-refractivity contribution in [2.24, 2.45) is 5.92 Å². The Balaban J connectivity index is 2.60. The number of carbonyl (C=O) groups is 1. The molecule has 0 saturated heterocycles. The molecule has 0 heterocycles. The highest BCUT2D eigenvalue weighted by atomic mass is 16.5. The second kappa shape index (κ2) is 6.24. The quantitative estimate of drug-likeness (QED) is 0.676. The standard InChI is InChI=1S/C13H25NO2/c1-5-14(12-8-6-7-9-12)11(3)10(2)13(15)16-4/h10-12H,5-9H2,1-4H3. The van der Waals surface area contributed by atoms with Gasteiger partial charge in [-0.05, 0) is 26.3 Å². The van der Waals surface area contributed by atoms with Crippen molar-refractivity contribution in [1.29, 1.82) is 0 Å². The molecular weight excluding hydrogens is 202 g/mol. The van der Waals surface area contributed by atoms with Crippen LogP contribution < -0.4 is 0 Å². The monoisotopic (exact) mass is 227 g/mol. The lowest BCUT2D eigenvalue weighted by Gasteiger charge is -2.35. The van der Waals surface area contributed by atoms with Crippen molar-refractivity contribution in [3.05, 3.63) is 0 Å². The number of esters is 1. The summed E-state index contributed by atoms with van der Waals surface area (Å²) in [7, 11) is 1.47. The van der Waals surface area contributed by atoms with Gasteiger partial charge in [-0.25, -0.2) is 0 Å². The molecule has 1 rings (SSSR count). The number of nitrogens with zero attached hydrogens (tertiary/aromatic N) is 1. The van der Waals surface area contributed by atoms with Gasteiger partial charge in [0, 0.05) is 12.1 Å². The molecule has 2 unspecified atom stereocenters. The van der Waals surface area contributed by atoms with Crippen LogP contribution in [0.15, 0.2) is 0 Å². The molecule has 0 aliphatic heterocycles.